The lowest BCUT2D eigenvalue weighted by atomic mass is 10.0. The third-order valence-corrected chi connectivity index (χ3v) is 3.83. The Kier molecular flexibility index (Phi) is 5.25. The van der Waals surface area contributed by atoms with Crippen LogP contribution in [0, 0.1) is 0 Å². The zero-order valence-corrected chi connectivity index (χ0v) is 11.8. The number of hydrogen-bond donors (Lipinski definition) is 1. The molecule has 104 valence electrons. The summed E-state index contributed by atoms with van der Waals surface area (Å²) in [6.07, 6.45) is 5.55. The number of piperidine rings is 1. The highest BCUT2D eigenvalue weighted by atomic mass is 16.2. The van der Waals surface area contributed by atoms with Crippen LogP contribution in [0.25, 0.3) is 0 Å². The lowest BCUT2D eigenvalue weighted by Crippen LogP contribution is -2.47. The van der Waals surface area contributed by atoms with E-state index in [0.717, 1.165) is 38.8 Å². The maximum absolute atomic E-state index is 12.0. The molecule has 1 aliphatic heterocycles. The zero-order valence-electron chi connectivity index (χ0n) is 11.8. The minimum absolute atomic E-state index is 0.111. The minimum atomic E-state index is 0.111. The van der Waals surface area contributed by atoms with Crippen molar-refractivity contribution in [2.45, 2.75) is 45.1 Å². The van der Waals surface area contributed by atoms with E-state index in [1.165, 1.54) is 12.0 Å². The highest BCUT2D eigenvalue weighted by Gasteiger charge is 2.22. The molecule has 0 saturated carbocycles. The van der Waals surface area contributed by atoms with E-state index in [1.54, 1.807) is 0 Å². The van der Waals surface area contributed by atoms with E-state index in [-0.39, 0.29) is 6.03 Å². The quantitative estimate of drug-likeness (QED) is 0.828. The van der Waals surface area contributed by atoms with Gasteiger partial charge in [-0.2, -0.15) is 0 Å². The van der Waals surface area contributed by atoms with Crippen LogP contribution in [0.2, 0.25) is 0 Å². The van der Waals surface area contributed by atoms with Crippen LogP contribution in [0.5, 0.6) is 0 Å². The molecule has 1 atom stereocenters. The van der Waals surface area contributed by atoms with Gasteiger partial charge < -0.3 is 10.2 Å². The van der Waals surface area contributed by atoms with Crippen LogP contribution >= 0.6 is 0 Å². The molecule has 1 aliphatic rings. The van der Waals surface area contributed by atoms with Crippen LogP contribution in [-0.2, 0) is 6.42 Å². The molecule has 2 amide bonds. The first kappa shape index (κ1) is 13.9. The van der Waals surface area contributed by atoms with Crippen molar-refractivity contribution in [3.8, 4) is 0 Å². The van der Waals surface area contributed by atoms with E-state index in [2.05, 4.69) is 36.5 Å². The van der Waals surface area contributed by atoms with E-state index >= 15 is 0 Å². The van der Waals surface area contributed by atoms with Crippen LogP contribution in [0.15, 0.2) is 30.3 Å². The van der Waals surface area contributed by atoms with Gasteiger partial charge in [-0.15, -0.1) is 0 Å². The second kappa shape index (κ2) is 7.17. The molecular formula is C16H24N2O. The van der Waals surface area contributed by atoms with Crippen molar-refractivity contribution in [3.05, 3.63) is 35.9 Å². The van der Waals surface area contributed by atoms with Gasteiger partial charge in [-0.1, -0.05) is 30.3 Å². The van der Waals surface area contributed by atoms with Gasteiger partial charge in [0.25, 0.3) is 0 Å². The number of amides is 2. The second-order valence-corrected chi connectivity index (χ2v) is 5.36. The van der Waals surface area contributed by atoms with Crippen molar-refractivity contribution < 1.29 is 4.79 Å². The third kappa shape index (κ3) is 4.27. The molecule has 2 rings (SSSR count). The lowest BCUT2D eigenvalue weighted by Gasteiger charge is -2.33. The number of aryl methyl sites for hydroxylation is 1. The summed E-state index contributed by atoms with van der Waals surface area (Å²) in [6.45, 7) is 3.81. The summed E-state index contributed by atoms with van der Waals surface area (Å²) in [5.41, 5.74) is 1.34. The smallest absolute Gasteiger partial charge is 0.317 e. The van der Waals surface area contributed by atoms with Gasteiger partial charge in [-0.05, 0) is 44.6 Å². The molecular weight excluding hydrogens is 236 g/mol. The maximum Gasteiger partial charge on any atom is 0.317 e. The summed E-state index contributed by atoms with van der Waals surface area (Å²) < 4.78 is 0. The Morgan fingerprint density at radius 2 is 2.11 bits per heavy atom. The molecule has 0 radical (unpaired) electrons. The first-order valence-corrected chi connectivity index (χ1v) is 7.36. The topological polar surface area (TPSA) is 32.3 Å². The number of carbonyl (C=O) groups is 1. The van der Waals surface area contributed by atoms with Gasteiger partial charge in [0.2, 0.25) is 0 Å². The summed E-state index contributed by atoms with van der Waals surface area (Å²) in [6, 6.07) is 10.9. The number of hydrogen-bond acceptors (Lipinski definition) is 1. The Morgan fingerprint density at radius 1 is 1.32 bits per heavy atom. The van der Waals surface area contributed by atoms with Crippen LogP contribution in [0.1, 0.15) is 38.2 Å². The zero-order chi connectivity index (χ0) is 13.5. The van der Waals surface area contributed by atoms with Gasteiger partial charge >= 0.3 is 6.03 Å². The summed E-state index contributed by atoms with van der Waals surface area (Å²) in [7, 11) is 0. The number of benzene rings is 1. The molecule has 0 spiro atoms. The Balaban J connectivity index is 1.66. The average Bonchev–Trinajstić information content (AvgIpc) is 2.45. The van der Waals surface area contributed by atoms with Crippen molar-refractivity contribution in [2.75, 3.05) is 13.1 Å². The van der Waals surface area contributed by atoms with Crippen LogP contribution in [-0.4, -0.2) is 30.1 Å². The highest BCUT2D eigenvalue weighted by molar-refractivity contribution is 5.74. The average molecular weight is 260 g/mol. The largest absolute Gasteiger partial charge is 0.338 e. The summed E-state index contributed by atoms with van der Waals surface area (Å²) in [5, 5.41) is 3.04. The molecule has 1 aromatic rings. The van der Waals surface area contributed by atoms with Crippen LogP contribution in [0.4, 0.5) is 4.79 Å². The number of nitrogens with one attached hydrogen (secondary N) is 1. The van der Waals surface area contributed by atoms with Crippen molar-refractivity contribution in [2.24, 2.45) is 0 Å². The minimum Gasteiger partial charge on any atom is -0.338 e. The van der Waals surface area contributed by atoms with Gasteiger partial charge in [0.15, 0.2) is 0 Å². The van der Waals surface area contributed by atoms with E-state index in [1.807, 2.05) is 11.0 Å². The molecule has 1 saturated heterocycles. The maximum atomic E-state index is 12.0. The van der Waals surface area contributed by atoms with Crippen molar-refractivity contribution in [1.82, 2.24) is 10.2 Å². The summed E-state index contributed by atoms with van der Waals surface area (Å²) in [4.78, 5) is 14.0. The van der Waals surface area contributed by atoms with E-state index in [4.69, 9.17) is 0 Å². The Labute approximate surface area is 116 Å². The van der Waals surface area contributed by atoms with Gasteiger partial charge in [0.1, 0.15) is 0 Å². The number of carbonyl (C=O) groups excluding carboxylic acids is 1. The standard InChI is InChI=1S/C16H24N2O/c1-14-8-5-6-13-18(14)16(19)17-12-7-11-15-9-3-2-4-10-15/h2-4,9-10,14H,5-8,11-13H2,1H3,(H,17,19). The Hall–Kier alpha value is -1.51. The fourth-order valence-corrected chi connectivity index (χ4v) is 2.63. The molecule has 1 unspecified atom stereocenters. The van der Waals surface area contributed by atoms with Crippen molar-refractivity contribution >= 4 is 6.03 Å². The van der Waals surface area contributed by atoms with Crippen molar-refractivity contribution in [1.29, 1.82) is 0 Å². The van der Waals surface area contributed by atoms with Crippen LogP contribution in [0.3, 0.4) is 0 Å². The molecule has 1 aromatic carbocycles. The second-order valence-electron chi connectivity index (χ2n) is 5.36. The summed E-state index contributed by atoms with van der Waals surface area (Å²) in [5.74, 6) is 0. The summed E-state index contributed by atoms with van der Waals surface area (Å²) >= 11 is 0. The molecule has 19 heavy (non-hydrogen) atoms. The fourth-order valence-electron chi connectivity index (χ4n) is 2.63. The van der Waals surface area contributed by atoms with E-state index < -0.39 is 0 Å². The predicted molar refractivity (Wildman–Crippen MR) is 78.2 cm³/mol. The molecule has 1 fully saturated rings. The molecule has 1 heterocycles. The number of nitrogens with zero attached hydrogens (tertiary/aromatic N) is 1. The van der Waals surface area contributed by atoms with Gasteiger partial charge in [-0.3, -0.25) is 0 Å². The van der Waals surface area contributed by atoms with E-state index in [9.17, 15) is 4.79 Å². The third-order valence-electron chi connectivity index (χ3n) is 3.83. The molecule has 0 aliphatic carbocycles. The SMILES string of the molecule is CC1CCCCN1C(=O)NCCCc1ccccc1. The number of likely N-dealkylation sites (tertiary alicyclic amines) is 1. The van der Waals surface area contributed by atoms with Crippen LogP contribution < -0.4 is 5.32 Å². The number of urea groups is 1. The van der Waals surface area contributed by atoms with Gasteiger partial charge in [0.05, 0.1) is 0 Å². The molecule has 0 aromatic heterocycles. The number of rotatable bonds is 4. The van der Waals surface area contributed by atoms with Crippen molar-refractivity contribution in [3.63, 3.8) is 0 Å². The molecule has 1 N–H and O–H groups in total. The lowest BCUT2D eigenvalue weighted by molar-refractivity contribution is 0.158. The highest BCUT2D eigenvalue weighted by Crippen LogP contribution is 2.16. The first-order valence-electron chi connectivity index (χ1n) is 7.36. The van der Waals surface area contributed by atoms with Gasteiger partial charge in [-0.25, -0.2) is 4.79 Å². The molecule has 3 heteroatoms. The molecule has 0 bridgehead atoms. The molecule has 3 nitrogen and oxygen atoms in total. The van der Waals surface area contributed by atoms with Gasteiger partial charge in [0, 0.05) is 19.1 Å². The first-order chi connectivity index (χ1) is 9.27. The monoisotopic (exact) mass is 260 g/mol. The van der Waals surface area contributed by atoms with E-state index in [0.29, 0.717) is 6.04 Å². The fraction of sp³-hybridized carbons (Fsp3) is 0.562. The normalized spacial score (nSPS) is 19.2. The Morgan fingerprint density at radius 3 is 2.84 bits per heavy atom. The Bertz CT molecular complexity index is 391. The predicted octanol–water partition coefficient (Wildman–Crippen LogP) is 3.20.